The summed E-state index contributed by atoms with van der Waals surface area (Å²) in [6, 6.07) is 4.68. The predicted molar refractivity (Wildman–Crippen MR) is 75.2 cm³/mol. The fourth-order valence-electron chi connectivity index (χ4n) is 2.57. The number of carbonyl (C=O) groups excluding carboxylic acids is 2. The lowest BCUT2D eigenvalue weighted by molar-refractivity contribution is -0.119. The van der Waals surface area contributed by atoms with E-state index >= 15 is 0 Å². The number of hydrogen-bond acceptors (Lipinski definition) is 4. The summed E-state index contributed by atoms with van der Waals surface area (Å²) in [5.41, 5.74) is 0.738. The number of rotatable bonds is 4. The molecule has 1 heterocycles. The van der Waals surface area contributed by atoms with Crippen LogP contribution in [0.25, 0.3) is 0 Å². The molecule has 1 saturated heterocycles. The third-order valence-corrected chi connectivity index (χ3v) is 3.52. The van der Waals surface area contributed by atoms with Crippen LogP contribution in [0.2, 0.25) is 0 Å². The first kappa shape index (κ1) is 15.4. The molecule has 1 aliphatic heterocycles. The average molecular weight is 294 g/mol. The van der Waals surface area contributed by atoms with E-state index in [1.54, 1.807) is 6.07 Å². The summed E-state index contributed by atoms with van der Waals surface area (Å²) < 4.78 is 18.3. The Morgan fingerprint density at radius 3 is 2.86 bits per heavy atom. The van der Waals surface area contributed by atoms with Crippen LogP contribution in [0.3, 0.4) is 0 Å². The van der Waals surface area contributed by atoms with E-state index in [1.165, 1.54) is 26.2 Å². The minimum Gasteiger partial charge on any atom is -0.465 e. The highest BCUT2D eigenvalue weighted by Gasteiger charge is 2.23. The fraction of sp³-hybridized carbons (Fsp3) is 0.467. The van der Waals surface area contributed by atoms with Gasteiger partial charge in [-0.05, 0) is 24.1 Å². The third-order valence-electron chi connectivity index (χ3n) is 3.52. The number of halogens is 1. The average Bonchev–Trinajstić information content (AvgIpc) is 2.84. The summed E-state index contributed by atoms with van der Waals surface area (Å²) >= 11 is 0. The molecule has 0 aromatic heterocycles. The van der Waals surface area contributed by atoms with Crippen molar-refractivity contribution < 1.29 is 18.7 Å². The minimum absolute atomic E-state index is 0.0321. The number of esters is 1. The van der Waals surface area contributed by atoms with Gasteiger partial charge in [-0.2, -0.15) is 0 Å². The number of hydrogen-bond donors (Lipinski definition) is 1. The molecule has 1 aliphatic rings. The lowest BCUT2D eigenvalue weighted by atomic mass is 10.1. The quantitative estimate of drug-likeness (QED) is 0.851. The second-order valence-corrected chi connectivity index (χ2v) is 5.23. The molecule has 5 nitrogen and oxygen atoms in total. The van der Waals surface area contributed by atoms with Gasteiger partial charge in [0.15, 0.2) is 0 Å². The number of nitrogens with one attached hydrogen (secondary N) is 1. The van der Waals surface area contributed by atoms with E-state index in [9.17, 15) is 14.0 Å². The minimum atomic E-state index is -0.675. The summed E-state index contributed by atoms with van der Waals surface area (Å²) in [7, 11) is 1.22. The van der Waals surface area contributed by atoms with Crippen molar-refractivity contribution in [2.75, 3.05) is 20.2 Å². The molecule has 1 amide bonds. The molecule has 0 bridgehead atoms. The molecule has 1 atom stereocenters. The van der Waals surface area contributed by atoms with Crippen LogP contribution in [0.15, 0.2) is 18.2 Å². The highest BCUT2D eigenvalue weighted by molar-refractivity contribution is 5.89. The van der Waals surface area contributed by atoms with E-state index in [0.717, 1.165) is 25.1 Å². The van der Waals surface area contributed by atoms with Gasteiger partial charge in [-0.15, -0.1) is 0 Å². The predicted octanol–water partition coefficient (Wildman–Crippen LogP) is 1.32. The lowest BCUT2D eigenvalue weighted by Crippen LogP contribution is -2.35. The van der Waals surface area contributed by atoms with Gasteiger partial charge in [0.1, 0.15) is 5.82 Å². The number of benzene rings is 1. The van der Waals surface area contributed by atoms with Crippen LogP contribution >= 0.6 is 0 Å². The van der Waals surface area contributed by atoms with Gasteiger partial charge in [0, 0.05) is 32.6 Å². The number of carbonyl (C=O) groups is 2. The molecule has 1 aromatic rings. The van der Waals surface area contributed by atoms with Crippen LogP contribution in [-0.2, 0) is 16.1 Å². The number of nitrogens with zero attached hydrogens (tertiary/aromatic N) is 1. The smallest absolute Gasteiger partial charge is 0.340 e. The first-order chi connectivity index (χ1) is 9.99. The van der Waals surface area contributed by atoms with E-state index in [-0.39, 0.29) is 17.5 Å². The van der Waals surface area contributed by atoms with Crippen molar-refractivity contribution in [3.05, 3.63) is 35.1 Å². The van der Waals surface area contributed by atoms with E-state index < -0.39 is 11.8 Å². The summed E-state index contributed by atoms with van der Waals surface area (Å²) in [6.45, 7) is 3.70. The summed E-state index contributed by atoms with van der Waals surface area (Å²) in [4.78, 5) is 24.5. The van der Waals surface area contributed by atoms with Crippen LogP contribution in [0, 0.1) is 5.82 Å². The molecular weight excluding hydrogens is 275 g/mol. The maximum atomic E-state index is 13.8. The molecule has 0 saturated carbocycles. The van der Waals surface area contributed by atoms with Gasteiger partial charge >= 0.3 is 5.97 Å². The van der Waals surface area contributed by atoms with Crippen molar-refractivity contribution in [3.63, 3.8) is 0 Å². The Morgan fingerprint density at radius 2 is 2.24 bits per heavy atom. The van der Waals surface area contributed by atoms with Gasteiger partial charge < -0.3 is 10.1 Å². The zero-order valence-electron chi connectivity index (χ0n) is 12.2. The summed E-state index contributed by atoms with van der Waals surface area (Å²) in [5, 5.41) is 2.88. The van der Waals surface area contributed by atoms with Crippen LogP contribution in [0.5, 0.6) is 0 Å². The molecule has 0 spiro atoms. The Balaban J connectivity index is 1.97. The third kappa shape index (κ3) is 4.01. The van der Waals surface area contributed by atoms with Crippen molar-refractivity contribution in [1.29, 1.82) is 0 Å². The van der Waals surface area contributed by atoms with Crippen molar-refractivity contribution in [2.24, 2.45) is 0 Å². The first-order valence-electron chi connectivity index (χ1n) is 6.86. The van der Waals surface area contributed by atoms with Crippen molar-refractivity contribution in [2.45, 2.75) is 25.9 Å². The second kappa shape index (κ2) is 6.67. The molecule has 1 unspecified atom stereocenters. The Hall–Kier alpha value is -1.95. The Kier molecular flexibility index (Phi) is 4.90. The summed E-state index contributed by atoms with van der Waals surface area (Å²) in [5.74, 6) is -1.28. The molecular formula is C15H19FN2O3. The van der Waals surface area contributed by atoms with Gasteiger partial charge in [0.05, 0.1) is 12.7 Å². The number of likely N-dealkylation sites (tertiary alicyclic amines) is 1. The second-order valence-electron chi connectivity index (χ2n) is 5.23. The number of ether oxygens (including phenoxy) is 1. The maximum absolute atomic E-state index is 13.8. The molecule has 21 heavy (non-hydrogen) atoms. The van der Waals surface area contributed by atoms with Gasteiger partial charge in [-0.1, -0.05) is 6.07 Å². The first-order valence-corrected chi connectivity index (χ1v) is 6.86. The molecule has 6 heteroatoms. The van der Waals surface area contributed by atoms with Crippen molar-refractivity contribution >= 4 is 11.9 Å². The highest BCUT2D eigenvalue weighted by Crippen LogP contribution is 2.16. The monoisotopic (exact) mass is 294 g/mol. The highest BCUT2D eigenvalue weighted by atomic mass is 19.1. The van der Waals surface area contributed by atoms with Crippen molar-refractivity contribution in [3.8, 4) is 0 Å². The standard InChI is InChI=1S/C15H19FN2O3/c1-10(19)17-12-5-6-18(9-12)8-11-3-4-13(14(16)7-11)15(20)21-2/h3-4,7,12H,5-6,8-9H2,1-2H3,(H,17,19). The Labute approximate surface area is 123 Å². The molecule has 0 aliphatic carbocycles. The molecule has 1 N–H and O–H groups in total. The SMILES string of the molecule is COC(=O)c1ccc(CN2CCC(NC(C)=O)C2)cc1F. The topological polar surface area (TPSA) is 58.6 Å². The van der Waals surface area contributed by atoms with Crippen LogP contribution in [0.4, 0.5) is 4.39 Å². The molecule has 114 valence electrons. The molecule has 0 radical (unpaired) electrons. The Bertz CT molecular complexity index is 548. The number of methoxy groups -OCH3 is 1. The van der Waals surface area contributed by atoms with Gasteiger partial charge in [-0.3, -0.25) is 9.69 Å². The fourth-order valence-corrected chi connectivity index (χ4v) is 2.57. The van der Waals surface area contributed by atoms with E-state index in [1.807, 2.05) is 0 Å². The largest absolute Gasteiger partial charge is 0.465 e. The van der Waals surface area contributed by atoms with Gasteiger partial charge in [0.2, 0.25) is 5.91 Å². The van der Waals surface area contributed by atoms with Gasteiger partial charge in [-0.25, -0.2) is 9.18 Å². The van der Waals surface area contributed by atoms with E-state index in [4.69, 9.17) is 0 Å². The molecule has 1 fully saturated rings. The van der Waals surface area contributed by atoms with E-state index in [2.05, 4.69) is 15.0 Å². The zero-order valence-corrected chi connectivity index (χ0v) is 12.2. The Morgan fingerprint density at radius 1 is 1.48 bits per heavy atom. The number of amides is 1. The molecule has 2 rings (SSSR count). The van der Waals surface area contributed by atoms with Crippen LogP contribution < -0.4 is 5.32 Å². The zero-order chi connectivity index (χ0) is 15.4. The molecule has 1 aromatic carbocycles. The van der Waals surface area contributed by atoms with Crippen molar-refractivity contribution in [1.82, 2.24) is 10.2 Å². The van der Waals surface area contributed by atoms with E-state index in [0.29, 0.717) is 6.54 Å². The maximum Gasteiger partial charge on any atom is 0.340 e. The summed E-state index contributed by atoms with van der Waals surface area (Å²) in [6.07, 6.45) is 0.891. The van der Waals surface area contributed by atoms with Crippen LogP contribution in [-0.4, -0.2) is 43.0 Å². The van der Waals surface area contributed by atoms with Gasteiger partial charge in [0.25, 0.3) is 0 Å². The normalized spacial score (nSPS) is 18.5. The lowest BCUT2D eigenvalue weighted by Gasteiger charge is -2.16. The van der Waals surface area contributed by atoms with Crippen LogP contribution in [0.1, 0.15) is 29.3 Å².